The lowest BCUT2D eigenvalue weighted by Gasteiger charge is -2.36. The van der Waals surface area contributed by atoms with Crippen molar-refractivity contribution in [2.24, 2.45) is 17.8 Å². The largest absolute Gasteiger partial charge is 0.317 e. The van der Waals surface area contributed by atoms with Gasteiger partial charge in [0.1, 0.15) is 0 Å². The molecule has 3 unspecified atom stereocenters. The van der Waals surface area contributed by atoms with Crippen LogP contribution in [-0.2, 0) is 6.42 Å². The van der Waals surface area contributed by atoms with Crippen molar-refractivity contribution in [2.75, 3.05) is 13.1 Å². The fourth-order valence-electron chi connectivity index (χ4n) is 3.46. The van der Waals surface area contributed by atoms with Crippen LogP contribution in [0, 0.1) is 17.8 Å². The van der Waals surface area contributed by atoms with Gasteiger partial charge >= 0.3 is 0 Å². The number of pyridine rings is 1. The van der Waals surface area contributed by atoms with Crippen LogP contribution < -0.4 is 5.32 Å². The van der Waals surface area contributed by atoms with Crippen LogP contribution in [0.3, 0.4) is 0 Å². The summed E-state index contributed by atoms with van der Waals surface area (Å²) in [6, 6.07) is 4.29. The van der Waals surface area contributed by atoms with Crippen LogP contribution >= 0.6 is 0 Å². The van der Waals surface area contributed by atoms with E-state index >= 15 is 0 Å². The smallest absolute Gasteiger partial charge is 0.0299 e. The van der Waals surface area contributed by atoms with Gasteiger partial charge in [0.05, 0.1) is 0 Å². The molecule has 1 aromatic rings. The lowest BCUT2D eigenvalue weighted by atomic mass is 9.71. The van der Waals surface area contributed by atoms with Gasteiger partial charge in [-0.2, -0.15) is 0 Å². The molecule has 2 nitrogen and oxygen atoms in total. The van der Waals surface area contributed by atoms with Crippen LogP contribution in [0.5, 0.6) is 0 Å². The fourth-order valence-corrected chi connectivity index (χ4v) is 3.46. The van der Waals surface area contributed by atoms with E-state index in [1.165, 1.54) is 44.2 Å². The first kappa shape index (κ1) is 14.5. The minimum atomic E-state index is 0.835. The molecule has 1 N–H and O–H groups in total. The third-order valence-electron chi connectivity index (χ3n) is 4.70. The van der Waals surface area contributed by atoms with Crippen molar-refractivity contribution in [3.05, 3.63) is 30.1 Å². The third-order valence-corrected chi connectivity index (χ3v) is 4.70. The van der Waals surface area contributed by atoms with Gasteiger partial charge in [0.15, 0.2) is 0 Å². The molecule has 1 aromatic heterocycles. The SMILES string of the molecule is CCNCC1CCC(CC)CC1Cc1cccnc1. The number of nitrogens with one attached hydrogen (secondary N) is 1. The zero-order valence-corrected chi connectivity index (χ0v) is 12.4. The molecule has 0 bridgehead atoms. The second kappa shape index (κ2) is 7.64. The van der Waals surface area contributed by atoms with Crippen molar-refractivity contribution in [3.8, 4) is 0 Å². The summed E-state index contributed by atoms with van der Waals surface area (Å²) in [5.74, 6) is 2.63. The number of hydrogen-bond donors (Lipinski definition) is 1. The van der Waals surface area contributed by atoms with Crippen molar-refractivity contribution in [1.82, 2.24) is 10.3 Å². The van der Waals surface area contributed by atoms with E-state index in [4.69, 9.17) is 0 Å². The summed E-state index contributed by atoms with van der Waals surface area (Å²) in [6.45, 7) is 6.83. The average Bonchev–Trinajstić information content (AvgIpc) is 2.47. The molecule has 1 heterocycles. The lowest BCUT2D eigenvalue weighted by Crippen LogP contribution is -2.34. The summed E-state index contributed by atoms with van der Waals surface area (Å²) >= 11 is 0. The third kappa shape index (κ3) is 4.31. The van der Waals surface area contributed by atoms with Crippen molar-refractivity contribution in [1.29, 1.82) is 0 Å². The van der Waals surface area contributed by atoms with Crippen LogP contribution in [0.25, 0.3) is 0 Å². The van der Waals surface area contributed by atoms with E-state index in [2.05, 4.69) is 36.3 Å². The van der Waals surface area contributed by atoms with Crippen molar-refractivity contribution < 1.29 is 0 Å². The minimum absolute atomic E-state index is 0.835. The van der Waals surface area contributed by atoms with Crippen LogP contribution in [-0.4, -0.2) is 18.1 Å². The van der Waals surface area contributed by atoms with Crippen LogP contribution in [0.2, 0.25) is 0 Å². The molecule has 2 rings (SSSR count). The normalized spacial score (nSPS) is 27.4. The topological polar surface area (TPSA) is 24.9 Å². The Labute approximate surface area is 118 Å². The molecule has 0 aliphatic heterocycles. The molecular formula is C17H28N2. The van der Waals surface area contributed by atoms with Gasteiger partial charge in [0.25, 0.3) is 0 Å². The van der Waals surface area contributed by atoms with Crippen LogP contribution in [0.1, 0.15) is 45.1 Å². The quantitative estimate of drug-likeness (QED) is 0.844. The van der Waals surface area contributed by atoms with Gasteiger partial charge in [-0.3, -0.25) is 4.98 Å². The molecule has 0 saturated heterocycles. The maximum atomic E-state index is 4.26. The highest BCUT2D eigenvalue weighted by molar-refractivity contribution is 5.10. The van der Waals surface area contributed by atoms with E-state index in [0.717, 1.165) is 24.3 Å². The molecule has 106 valence electrons. The highest BCUT2D eigenvalue weighted by Crippen LogP contribution is 2.37. The van der Waals surface area contributed by atoms with Gasteiger partial charge in [-0.05, 0) is 61.7 Å². The summed E-state index contributed by atoms with van der Waals surface area (Å²) < 4.78 is 0. The highest BCUT2D eigenvalue weighted by Gasteiger charge is 2.29. The summed E-state index contributed by atoms with van der Waals surface area (Å²) in [5, 5.41) is 3.55. The van der Waals surface area contributed by atoms with Gasteiger partial charge in [-0.25, -0.2) is 0 Å². The minimum Gasteiger partial charge on any atom is -0.317 e. The summed E-state index contributed by atoms with van der Waals surface area (Å²) in [4.78, 5) is 4.26. The van der Waals surface area contributed by atoms with Crippen LogP contribution in [0.15, 0.2) is 24.5 Å². The zero-order valence-electron chi connectivity index (χ0n) is 12.4. The van der Waals surface area contributed by atoms with Crippen molar-refractivity contribution in [3.63, 3.8) is 0 Å². The Kier molecular flexibility index (Phi) is 5.84. The molecule has 19 heavy (non-hydrogen) atoms. The monoisotopic (exact) mass is 260 g/mol. The van der Waals surface area contributed by atoms with Crippen LogP contribution in [0.4, 0.5) is 0 Å². The Morgan fingerprint density at radius 3 is 2.84 bits per heavy atom. The van der Waals surface area contributed by atoms with E-state index in [1.807, 2.05) is 12.4 Å². The zero-order chi connectivity index (χ0) is 13.5. The molecular weight excluding hydrogens is 232 g/mol. The first-order valence-corrected chi connectivity index (χ1v) is 7.93. The van der Waals surface area contributed by atoms with E-state index in [1.54, 1.807) is 0 Å². The highest BCUT2D eigenvalue weighted by atomic mass is 14.8. The molecule has 1 fully saturated rings. The van der Waals surface area contributed by atoms with E-state index in [9.17, 15) is 0 Å². The molecule has 0 aromatic carbocycles. The number of rotatable bonds is 6. The Morgan fingerprint density at radius 2 is 2.16 bits per heavy atom. The second-order valence-corrected chi connectivity index (χ2v) is 5.98. The predicted octanol–water partition coefficient (Wildman–Crippen LogP) is 3.68. The molecule has 2 heteroatoms. The Balaban J connectivity index is 1.98. The fraction of sp³-hybridized carbons (Fsp3) is 0.706. The summed E-state index contributed by atoms with van der Waals surface area (Å²) in [7, 11) is 0. The summed E-state index contributed by atoms with van der Waals surface area (Å²) in [6.07, 6.45) is 10.7. The molecule has 0 spiro atoms. The molecule has 1 aliphatic carbocycles. The van der Waals surface area contributed by atoms with Crippen molar-refractivity contribution in [2.45, 2.75) is 46.0 Å². The van der Waals surface area contributed by atoms with E-state index in [-0.39, 0.29) is 0 Å². The van der Waals surface area contributed by atoms with Gasteiger partial charge in [0, 0.05) is 12.4 Å². The first-order valence-electron chi connectivity index (χ1n) is 7.93. The average molecular weight is 260 g/mol. The Morgan fingerprint density at radius 1 is 1.26 bits per heavy atom. The molecule has 0 amide bonds. The van der Waals surface area contributed by atoms with E-state index < -0.39 is 0 Å². The lowest BCUT2D eigenvalue weighted by molar-refractivity contribution is 0.172. The van der Waals surface area contributed by atoms with Crippen molar-refractivity contribution >= 4 is 0 Å². The van der Waals surface area contributed by atoms with E-state index in [0.29, 0.717) is 0 Å². The molecule has 1 aliphatic rings. The standard InChI is InChI=1S/C17H28N2/c1-3-14-7-8-16(13-18-4-2)17(10-14)11-15-6-5-9-19-12-15/h5-6,9,12,14,16-18H,3-4,7-8,10-11,13H2,1-2H3. The first-order chi connectivity index (χ1) is 9.33. The predicted molar refractivity (Wildman–Crippen MR) is 81.1 cm³/mol. The maximum Gasteiger partial charge on any atom is 0.0299 e. The second-order valence-electron chi connectivity index (χ2n) is 5.98. The van der Waals surface area contributed by atoms with Gasteiger partial charge in [0.2, 0.25) is 0 Å². The molecule has 1 saturated carbocycles. The number of hydrogen-bond acceptors (Lipinski definition) is 2. The number of aromatic nitrogens is 1. The van der Waals surface area contributed by atoms with Gasteiger partial charge in [-0.15, -0.1) is 0 Å². The van der Waals surface area contributed by atoms with Gasteiger partial charge < -0.3 is 5.32 Å². The number of nitrogens with zero attached hydrogens (tertiary/aromatic N) is 1. The molecule has 0 radical (unpaired) electrons. The molecule has 3 atom stereocenters. The van der Waals surface area contributed by atoms with Gasteiger partial charge in [-0.1, -0.05) is 32.8 Å². The Bertz CT molecular complexity index is 350. The summed E-state index contributed by atoms with van der Waals surface area (Å²) in [5.41, 5.74) is 1.41. The maximum absolute atomic E-state index is 4.26. The Hall–Kier alpha value is -0.890.